The van der Waals surface area contributed by atoms with Crippen molar-refractivity contribution in [3.8, 4) is 0 Å². The molecule has 1 aromatic heterocycles. The molecule has 1 heterocycles. The van der Waals surface area contributed by atoms with Gasteiger partial charge in [0, 0.05) is 33.7 Å². The van der Waals surface area contributed by atoms with Gasteiger partial charge in [-0.1, -0.05) is 28.1 Å². The summed E-state index contributed by atoms with van der Waals surface area (Å²) in [6.07, 6.45) is 1.77. The Morgan fingerprint density at radius 2 is 2.05 bits per heavy atom. The first kappa shape index (κ1) is 14.5. The van der Waals surface area contributed by atoms with Gasteiger partial charge in [0.05, 0.1) is 16.6 Å². The van der Waals surface area contributed by atoms with E-state index < -0.39 is 4.92 Å². The van der Waals surface area contributed by atoms with E-state index in [1.54, 1.807) is 18.3 Å². The third-order valence-electron chi connectivity index (χ3n) is 3.50. The van der Waals surface area contributed by atoms with Crippen LogP contribution in [0, 0.1) is 10.1 Å². The van der Waals surface area contributed by atoms with Crippen molar-refractivity contribution in [1.29, 1.82) is 0 Å². The molecule has 0 radical (unpaired) electrons. The fraction of sp³-hybridized carbons (Fsp3) is 0.133. The van der Waals surface area contributed by atoms with Gasteiger partial charge in [-0.3, -0.25) is 15.2 Å². The number of nitrogens with one attached hydrogen (secondary N) is 2. The number of fused-ring (bicyclic) bond motifs is 1. The monoisotopic (exact) mass is 360 g/mol. The first-order valence-electron chi connectivity index (χ1n) is 6.68. The topological polar surface area (TPSA) is 83.8 Å². The smallest absolute Gasteiger partial charge is 0.269 e. The summed E-state index contributed by atoms with van der Waals surface area (Å²) in [5.74, 6) is 0. The van der Waals surface area contributed by atoms with Crippen LogP contribution in [0.3, 0.4) is 0 Å². The fourth-order valence-electron chi connectivity index (χ4n) is 2.34. The van der Waals surface area contributed by atoms with Gasteiger partial charge in [0.25, 0.3) is 5.69 Å². The predicted molar refractivity (Wildman–Crippen MR) is 88.9 cm³/mol. The van der Waals surface area contributed by atoms with Crippen molar-refractivity contribution in [2.75, 3.05) is 5.32 Å². The van der Waals surface area contributed by atoms with Gasteiger partial charge in [0.1, 0.15) is 0 Å². The van der Waals surface area contributed by atoms with Gasteiger partial charge >= 0.3 is 0 Å². The second-order valence-electron chi connectivity index (χ2n) is 5.00. The van der Waals surface area contributed by atoms with Crippen molar-refractivity contribution < 1.29 is 4.92 Å². The van der Waals surface area contributed by atoms with Gasteiger partial charge in [-0.15, -0.1) is 0 Å². The molecule has 3 rings (SSSR count). The summed E-state index contributed by atoms with van der Waals surface area (Å²) in [5, 5.41) is 22.1. The van der Waals surface area contributed by atoms with Crippen LogP contribution in [0.5, 0.6) is 0 Å². The minimum atomic E-state index is -0.398. The number of nitro groups is 1. The van der Waals surface area contributed by atoms with E-state index in [1.807, 2.05) is 19.1 Å². The molecule has 0 saturated heterocycles. The maximum Gasteiger partial charge on any atom is 0.269 e. The minimum Gasteiger partial charge on any atom is -0.378 e. The summed E-state index contributed by atoms with van der Waals surface area (Å²) >= 11 is 3.48. The number of anilines is 1. The lowest BCUT2D eigenvalue weighted by Gasteiger charge is -2.16. The molecule has 0 aliphatic heterocycles. The van der Waals surface area contributed by atoms with E-state index in [0.717, 1.165) is 26.6 Å². The fourth-order valence-corrected chi connectivity index (χ4v) is 2.79. The Balaban J connectivity index is 1.87. The second kappa shape index (κ2) is 5.76. The standard InChI is InChI=1S/C15H13BrN4O2/c1-9(10-2-4-12(5-3-10)20(21)22)18-14-6-11(16)7-15-13(14)8-17-19-15/h2-9,18H,1H3,(H,17,19). The van der Waals surface area contributed by atoms with Crippen molar-refractivity contribution in [2.24, 2.45) is 0 Å². The molecule has 1 unspecified atom stereocenters. The highest BCUT2D eigenvalue weighted by Gasteiger charge is 2.11. The molecule has 0 fully saturated rings. The molecule has 0 bridgehead atoms. The zero-order valence-corrected chi connectivity index (χ0v) is 13.3. The average molecular weight is 361 g/mol. The molecule has 22 heavy (non-hydrogen) atoms. The zero-order valence-electron chi connectivity index (χ0n) is 11.7. The first-order valence-corrected chi connectivity index (χ1v) is 7.47. The molecule has 0 spiro atoms. The number of H-pyrrole nitrogens is 1. The number of aromatic amines is 1. The molecule has 2 aromatic carbocycles. The first-order chi connectivity index (χ1) is 10.5. The van der Waals surface area contributed by atoms with E-state index in [2.05, 4.69) is 31.4 Å². The van der Waals surface area contributed by atoms with Gasteiger partial charge in [-0.2, -0.15) is 5.10 Å². The summed E-state index contributed by atoms with van der Waals surface area (Å²) in [7, 11) is 0. The van der Waals surface area contributed by atoms with E-state index in [0.29, 0.717) is 0 Å². The molecule has 0 aliphatic carbocycles. The van der Waals surface area contributed by atoms with E-state index in [4.69, 9.17) is 0 Å². The molecule has 112 valence electrons. The number of hydrogen-bond acceptors (Lipinski definition) is 4. The number of nitro benzene ring substituents is 1. The van der Waals surface area contributed by atoms with Gasteiger partial charge in [0.2, 0.25) is 0 Å². The van der Waals surface area contributed by atoms with Crippen LogP contribution in [0.1, 0.15) is 18.5 Å². The van der Waals surface area contributed by atoms with E-state index in [-0.39, 0.29) is 11.7 Å². The SMILES string of the molecule is CC(Nc1cc(Br)cc2[nH]ncc12)c1ccc([N+](=O)[O-])cc1. The largest absolute Gasteiger partial charge is 0.378 e. The molecular weight excluding hydrogens is 348 g/mol. The number of hydrogen-bond donors (Lipinski definition) is 2. The highest BCUT2D eigenvalue weighted by molar-refractivity contribution is 9.10. The molecule has 1 atom stereocenters. The number of halogens is 1. The average Bonchev–Trinajstić information content (AvgIpc) is 2.95. The van der Waals surface area contributed by atoms with Crippen LogP contribution >= 0.6 is 15.9 Å². The molecular formula is C15H13BrN4O2. The molecule has 7 heteroatoms. The molecule has 3 aromatic rings. The Hall–Kier alpha value is -2.41. The van der Waals surface area contributed by atoms with Gasteiger partial charge in [0.15, 0.2) is 0 Å². The van der Waals surface area contributed by atoms with Crippen molar-refractivity contribution in [2.45, 2.75) is 13.0 Å². The van der Waals surface area contributed by atoms with Crippen LogP contribution in [-0.2, 0) is 0 Å². The lowest BCUT2D eigenvalue weighted by molar-refractivity contribution is -0.384. The molecule has 2 N–H and O–H groups in total. The zero-order chi connectivity index (χ0) is 15.7. The molecule has 0 aliphatic rings. The number of non-ortho nitro benzene ring substituents is 1. The quantitative estimate of drug-likeness (QED) is 0.533. The Bertz CT molecular complexity index is 829. The number of benzene rings is 2. The Morgan fingerprint density at radius 1 is 1.32 bits per heavy atom. The highest BCUT2D eigenvalue weighted by Crippen LogP contribution is 2.30. The van der Waals surface area contributed by atoms with Crippen LogP contribution in [0.15, 0.2) is 47.1 Å². The van der Waals surface area contributed by atoms with Gasteiger partial charge in [-0.25, -0.2) is 0 Å². The predicted octanol–water partition coefficient (Wildman–Crippen LogP) is 4.41. The van der Waals surface area contributed by atoms with Crippen molar-refractivity contribution in [3.05, 3.63) is 62.7 Å². The van der Waals surface area contributed by atoms with E-state index in [9.17, 15) is 10.1 Å². The Labute approximate surface area is 134 Å². The highest BCUT2D eigenvalue weighted by atomic mass is 79.9. The van der Waals surface area contributed by atoms with Crippen LogP contribution in [-0.4, -0.2) is 15.1 Å². The maximum atomic E-state index is 10.7. The number of rotatable bonds is 4. The summed E-state index contributed by atoms with van der Waals surface area (Å²) in [5.41, 5.74) is 2.95. The van der Waals surface area contributed by atoms with Crippen molar-refractivity contribution >= 4 is 38.2 Å². The molecule has 0 amide bonds. The van der Waals surface area contributed by atoms with E-state index >= 15 is 0 Å². The summed E-state index contributed by atoms with van der Waals surface area (Å²) < 4.78 is 0.947. The second-order valence-corrected chi connectivity index (χ2v) is 5.91. The molecule has 6 nitrogen and oxygen atoms in total. The van der Waals surface area contributed by atoms with Gasteiger partial charge < -0.3 is 5.32 Å². The minimum absolute atomic E-state index is 0.00760. The van der Waals surface area contributed by atoms with Crippen LogP contribution in [0.2, 0.25) is 0 Å². The van der Waals surface area contributed by atoms with Crippen molar-refractivity contribution in [3.63, 3.8) is 0 Å². The lowest BCUT2D eigenvalue weighted by atomic mass is 10.1. The number of nitrogens with zero attached hydrogens (tertiary/aromatic N) is 2. The number of aromatic nitrogens is 2. The van der Waals surface area contributed by atoms with E-state index in [1.165, 1.54) is 12.1 Å². The van der Waals surface area contributed by atoms with Crippen molar-refractivity contribution in [1.82, 2.24) is 10.2 Å². The normalized spacial score (nSPS) is 12.3. The van der Waals surface area contributed by atoms with Crippen LogP contribution < -0.4 is 5.32 Å². The third kappa shape index (κ3) is 2.80. The third-order valence-corrected chi connectivity index (χ3v) is 3.96. The van der Waals surface area contributed by atoms with Crippen LogP contribution in [0.4, 0.5) is 11.4 Å². The lowest BCUT2D eigenvalue weighted by Crippen LogP contribution is -2.07. The molecule has 0 saturated carbocycles. The summed E-state index contributed by atoms with van der Waals surface area (Å²) in [6.45, 7) is 2.01. The summed E-state index contributed by atoms with van der Waals surface area (Å²) in [4.78, 5) is 10.3. The summed E-state index contributed by atoms with van der Waals surface area (Å²) in [6, 6.07) is 10.5. The maximum absolute atomic E-state index is 10.7. The van der Waals surface area contributed by atoms with Gasteiger partial charge in [-0.05, 0) is 24.6 Å². The Morgan fingerprint density at radius 3 is 2.73 bits per heavy atom. The van der Waals surface area contributed by atoms with Crippen LogP contribution in [0.25, 0.3) is 10.9 Å². The Kier molecular flexibility index (Phi) is 3.81.